The van der Waals surface area contributed by atoms with Crippen LogP contribution < -0.4 is 0 Å². The molecule has 0 unspecified atom stereocenters. The maximum Gasteiger partial charge on any atom is 0.126 e. The fourth-order valence-electron chi connectivity index (χ4n) is 11.2. The summed E-state index contributed by atoms with van der Waals surface area (Å²) in [5.41, 5.74) is 13.4. The highest BCUT2D eigenvalue weighted by Crippen LogP contribution is 2.44. The smallest absolute Gasteiger partial charge is 0.126 e. The highest BCUT2D eigenvalue weighted by atomic mass is 15.0. The second-order valence-corrected chi connectivity index (χ2v) is 19.5. The number of hydrogen-bond donors (Lipinski definition) is 0. The van der Waals surface area contributed by atoms with Crippen LogP contribution in [0.1, 0.15) is 61.6 Å². The molecule has 0 aliphatic rings. The molecule has 0 atom stereocenters. The molecule has 0 bridgehead atoms. The molecule has 0 saturated heterocycles. The van der Waals surface area contributed by atoms with Gasteiger partial charge in [0.15, 0.2) is 0 Å². The van der Waals surface area contributed by atoms with Crippen molar-refractivity contribution in [2.24, 2.45) is 0 Å². The van der Waals surface area contributed by atoms with Gasteiger partial charge in [-0.3, -0.25) is 0 Å². The fourth-order valence-corrected chi connectivity index (χ4v) is 11.2. The zero-order valence-electron chi connectivity index (χ0n) is 43.4. The van der Waals surface area contributed by atoms with Crippen molar-refractivity contribution >= 4 is 43.6 Å². The Hall–Kier alpha value is -12.9. The van der Waals surface area contributed by atoms with Gasteiger partial charge in [-0.15, -0.1) is 0 Å². The Balaban J connectivity index is 1.22. The number of nitriles is 9. The number of rotatable bonds is 7. The Morgan fingerprint density at radius 1 is 0.293 bits per heavy atom. The molecule has 3 heterocycles. The molecule has 3 aromatic heterocycles. The minimum atomic E-state index is 0.239. The molecule has 0 aliphatic heterocycles. The van der Waals surface area contributed by atoms with Crippen molar-refractivity contribution in [2.45, 2.75) is 13.8 Å². The average molecular weight is 1040 g/mol. The van der Waals surface area contributed by atoms with Gasteiger partial charge in [-0.25, -0.2) is 9.97 Å². The van der Waals surface area contributed by atoms with Gasteiger partial charge in [0.05, 0.1) is 138 Å². The lowest BCUT2D eigenvalue weighted by atomic mass is 9.96. The summed E-state index contributed by atoms with van der Waals surface area (Å²) >= 11 is 0. The summed E-state index contributed by atoms with van der Waals surface area (Å²) in [5, 5.41) is 95.6. The van der Waals surface area contributed by atoms with Crippen LogP contribution in [0.25, 0.3) is 111 Å². The van der Waals surface area contributed by atoms with Gasteiger partial charge in [0.25, 0.3) is 0 Å². The van der Waals surface area contributed by atoms with Crippen LogP contribution in [0, 0.1) is 116 Å². The van der Waals surface area contributed by atoms with Crippen LogP contribution in [0.4, 0.5) is 0 Å². The second-order valence-electron chi connectivity index (χ2n) is 19.5. The highest BCUT2D eigenvalue weighted by Gasteiger charge is 2.25. The van der Waals surface area contributed by atoms with E-state index in [9.17, 15) is 47.4 Å². The molecule has 0 spiro atoms. The zero-order valence-corrected chi connectivity index (χ0v) is 43.4. The van der Waals surface area contributed by atoms with E-state index in [0.29, 0.717) is 145 Å². The quantitative estimate of drug-likeness (QED) is 0.145. The van der Waals surface area contributed by atoms with Crippen molar-refractivity contribution in [1.29, 1.82) is 47.4 Å². The summed E-state index contributed by atoms with van der Waals surface area (Å²) in [7, 11) is 0. The van der Waals surface area contributed by atoms with Gasteiger partial charge in [-0.05, 0) is 149 Å². The van der Waals surface area contributed by atoms with E-state index in [0.717, 1.165) is 21.5 Å². The maximum atomic E-state index is 11.7. The molecule has 82 heavy (non-hydrogen) atoms. The number of fused-ring (bicyclic) bond motifs is 6. The van der Waals surface area contributed by atoms with Gasteiger partial charge in [0.1, 0.15) is 11.9 Å². The van der Waals surface area contributed by atoms with Gasteiger partial charge < -0.3 is 9.13 Å². The van der Waals surface area contributed by atoms with Gasteiger partial charge in [0, 0.05) is 32.8 Å². The summed E-state index contributed by atoms with van der Waals surface area (Å²) in [5.74, 6) is 0.492. The molecule has 13 heteroatoms. The van der Waals surface area contributed by atoms with Crippen LogP contribution in [-0.2, 0) is 0 Å². The first-order chi connectivity index (χ1) is 40.0. The van der Waals surface area contributed by atoms with Crippen LogP contribution in [0.2, 0.25) is 0 Å². The predicted octanol–water partition coefficient (Wildman–Crippen LogP) is 14.5. The molecule has 0 aliphatic carbocycles. The van der Waals surface area contributed by atoms with Gasteiger partial charge >= 0.3 is 0 Å². The zero-order chi connectivity index (χ0) is 56.9. The van der Waals surface area contributed by atoms with E-state index in [1.807, 2.05) is 109 Å². The van der Waals surface area contributed by atoms with Crippen LogP contribution >= 0.6 is 0 Å². The van der Waals surface area contributed by atoms with E-state index >= 15 is 0 Å². The third-order valence-electron chi connectivity index (χ3n) is 14.8. The summed E-state index contributed by atoms with van der Waals surface area (Å²) in [6.07, 6.45) is 0. The Morgan fingerprint density at radius 2 is 0.622 bits per heavy atom. The molecule has 0 amide bonds. The molecular formula is C69H33N13. The second kappa shape index (κ2) is 19.9. The first kappa shape index (κ1) is 49.9. The summed E-state index contributed by atoms with van der Waals surface area (Å²) in [6, 6.07) is 69.1. The summed E-state index contributed by atoms with van der Waals surface area (Å²) < 4.78 is 4.06. The molecule has 12 rings (SSSR count). The largest absolute Gasteiger partial charge is 0.308 e. The molecule has 0 fully saturated rings. The first-order valence-electron chi connectivity index (χ1n) is 25.4. The minimum Gasteiger partial charge on any atom is -0.308 e. The minimum absolute atomic E-state index is 0.239. The van der Waals surface area contributed by atoms with Crippen molar-refractivity contribution < 1.29 is 0 Å². The van der Waals surface area contributed by atoms with E-state index in [4.69, 9.17) is 4.98 Å². The van der Waals surface area contributed by atoms with Crippen molar-refractivity contribution in [3.05, 3.63) is 225 Å². The van der Waals surface area contributed by atoms with Crippen LogP contribution in [0.15, 0.2) is 164 Å². The van der Waals surface area contributed by atoms with Crippen LogP contribution in [0.5, 0.6) is 0 Å². The molecule has 9 aromatic carbocycles. The lowest BCUT2D eigenvalue weighted by Crippen LogP contribution is -2.05. The van der Waals surface area contributed by atoms with Gasteiger partial charge in [-0.2, -0.15) is 47.4 Å². The van der Waals surface area contributed by atoms with Crippen LogP contribution in [0.3, 0.4) is 0 Å². The topological polar surface area (TPSA) is 250 Å². The Kier molecular flexibility index (Phi) is 12.1. The molecular weight excluding hydrogens is 1010 g/mol. The normalized spacial score (nSPS) is 10.7. The highest BCUT2D eigenvalue weighted by molar-refractivity contribution is 6.13. The number of hydrogen-bond acceptors (Lipinski definition) is 11. The van der Waals surface area contributed by atoms with Crippen molar-refractivity contribution in [2.75, 3.05) is 0 Å². The monoisotopic (exact) mass is 1040 g/mol. The number of benzene rings is 9. The van der Waals surface area contributed by atoms with E-state index in [-0.39, 0.29) is 5.56 Å². The maximum absolute atomic E-state index is 11.7. The van der Waals surface area contributed by atoms with E-state index < -0.39 is 0 Å². The molecule has 12 aromatic rings. The SMILES string of the molecule is Cc1cc(-c2cc(-n3c4cc(-c5ccc(C#N)cc5C#N)ccc4c4ccc(-c5ccc(C#N)cc5C#N)cc43)c(C#N)cc2-n2c3cc(-c4ccc(C#N)cc4C#N)ccc3c3ccc(-c4ccc(C#N)cc4C#N)cc32)nc(C)n1. The van der Waals surface area contributed by atoms with Gasteiger partial charge in [-0.1, -0.05) is 72.8 Å². The van der Waals surface area contributed by atoms with E-state index in [2.05, 4.69) is 64.2 Å². The van der Waals surface area contributed by atoms with E-state index in [1.165, 1.54) is 0 Å². The Bertz CT molecular complexity index is 4970. The van der Waals surface area contributed by atoms with Gasteiger partial charge in [0.2, 0.25) is 0 Å². The van der Waals surface area contributed by atoms with Crippen molar-refractivity contribution in [1.82, 2.24) is 19.1 Å². The number of aryl methyl sites for hydroxylation is 2. The molecule has 0 N–H and O–H groups in total. The Morgan fingerprint density at radius 3 is 0.927 bits per heavy atom. The third-order valence-corrected chi connectivity index (χ3v) is 14.8. The number of aromatic nitrogens is 4. The summed E-state index contributed by atoms with van der Waals surface area (Å²) in [6.45, 7) is 3.69. The van der Waals surface area contributed by atoms with E-state index in [1.54, 1.807) is 72.8 Å². The lowest BCUT2D eigenvalue weighted by Gasteiger charge is -2.19. The first-order valence-corrected chi connectivity index (χ1v) is 25.4. The molecule has 0 saturated carbocycles. The Labute approximate surface area is 468 Å². The fraction of sp³-hybridized carbons (Fsp3) is 0.0290. The molecule has 374 valence electrons. The van der Waals surface area contributed by atoms with Crippen molar-refractivity contribution in [3.63, 3.8) is 0 Å². The van der Waals surface area contributed by atoms with Crippen molar-refractivity contribution in [3.8, 4) is 122 Å². The average Bonchev–Trinajstić information content (AvgIpc) is 2.51. The number of nitrogens with zero attached hydrogens (tertiary/aromatic N) is 13. The molecule has 0 radical (unpaired) electrons. The third kappa shape index (κ3) is 8.19. The lowest BCUT2D eigenvalue weighted by molar-refractivity contribution is 1.01. The summed E-state index contributed by atoms with van der Waals surface area (Å²) in [4.78, 5) is 9.74. The standard InChI is InChI=1S/C69H33N13/c1-39-19-63(80-40(2)79-39)62-29-64(81-65-24-45(54-11-3-41(30-70)20-49(54)34-74)7-15-58(65)59-16-8-46(25-66(59)81)55-12-4-42(31-71)21-50(55)35-75)53(38-78)28-69(62)82-67-26-47(56-13-5-43(32-72)22-51(56)36-76)9-17-60(67)61-18-10-48(27-68(61)82)57-14-6-44(33-73)23-52(57)37-77/h3-29H,1-2H3. The molecule has 13 nitrogen and oxygen atoms in total. The van der Waals surface area contributed by atoms with Crippen LogP contribution in [-0.4, -0.2) is 19.1 Å². The predicted molar refractivity (Wildman–Crippen MR) is 310 cm³/mol.